The van der Waals surface area contributed by atoms with Gasteiger partial charge in [-0.05, 0) is 49.8 Å². The van der Waals surface area contributed by atoms with Crippen molar-refractivity contribution >= 4 is 11.8 Å². The van der Waals surface area contributed by atoms with Gasteiger partial charge in [-0.15, -0.1) is 0 Å². The van der Waals surface area contributed by atoms with E-state index in [0.717, 1.165) is 12.8 Å². The lowest BCUT2D eigenvalue weighted by Crippen LogP contribution is -2.56. The van der Waals surface area contributed by atoms with Crippen LogP contribution in [-0.4, -0.2) is 59.5 Å². The van der Waals surface area contributed by atoms with Gasteiger partial charge in [0.15, 0.2) is 0 Å². The zero-order valence-corrected chi connectivity index (χ0v) is 15.9. The van der Waals surface area contributed by atoms with Crippen molar-refractivity contribution in [2.24, 2.45) is 5.41 Å². The Morgan fingerprint density at radius 2 is 1.88 bits per heavy atom. The van der Waals surface area contributed by atoms with Crippen molar-refractivity contribution in [3.63, 3.8) is 0 Å². The highest BCUT2D eigenvalue weighted by Gasteiger charge is 2.47. The largest absolute Gasteiger partial charge is 0.391 e. The van der Waals surface area contributed by atoms with Gasteiger partial charge in [0.05, 0.1) is 11.5 Å². The molecule has 0 saturated carbocycles. The molecule has 0 radical (unpaired) electrons. The number of hydrogen-bond acceptors (Lipinski definition) is 3. The summed E-state index contributed by atoms with van der Waals surface area (Å²) < 4.78 is 0. The van der Waals surface area contributed by atoms with Gasteiger partial charge >= 0.3 is 0 Å². The van der Waals surface area contributed by atoms with E-state index in [2.05, 4.69) is 6.92 Å². The van der Waals surface area contributed by atoms with Crippen LogP contribution in [-0.2, 0) is 11.2 Å². The van der Waals surface area contributed by atoms with Gasteiger partial charge in [0.25, 0.3) is 5.91 Å². The highest BCUT2D eigenvalue weighted by Crippen LogP contribution is 2.40. The Labute approximate surface area is 156 Å². The van der Waals surface area contributed by atoms with E-state index in [4.69, 9.17) is 0 Å². The van der Waals surface area contributed by atoms with Gasteiger partial charge in [-0.1, -0.05) is 25.5 Å². The molecule has 2 saturated heterocycles. The molecule has 2 heterocycles. The monoisotopic (exact) mass is 358 g/mol. The molecule has 1 atom stereocenters. The van der Waals surface area contributed by atoms with E-state index in [0.29, 0.717) is 44.5 Å². The third-order valence-corrected chi connectivity index (χ3v) is 5.94. The summed E-state index contributed by atoms with van der Waals surface area (Å²) in [4.78, 5) is 28.9. The summed E-state index contributed by atoms with van der Waals surface area (Å²) in [6.07, 6.45) is 4.70. The molecule has 1 aromatic rings. The maximum atomic E-state index is 12.8. The van der Waals surface area contributed by atoms with Crippen LogP contribution in [0.2, 0.25) is 0 Å². The van der Waals surface area contributed by atoms with Crippen LogP contribution in [0, 0.1) is 5.41 Å². The molecule has 2 aliphatic heterocycles. The number of likely N-dealkylation sites (tertiary alicyclic amines) is 2. The molecule has 2 amide bonds. The van der Waals surface area contributed by atoms with Gasteiger partial charge in [-0.2, -0.15) is 0 Å². The maximum absolute atomic E-state index is 12.8. The number of benzene rings is 1. The first kappa shape index (κ1) is 18.9. The molecule has 1 N–H and O–H groups in total. The molecule has 1 spiro atoms. The Bertz CT molecular complexity index is 648. The van der Waals surface area contributed by atoms with Crippen molar-refractivity contribution in [1.82, 2.24) is 9.80 Å². The van der Waals surface area contributed by atoms with Crippen LogP contribution >= 0.6 is 0 Å². The average molecular weight is 358 g/mol. The zero-order valence-electron chi connectivity index (χ0n) is 15.9. The number of unbranched alkanes of at least 4 members (excludes halogenated alkanes) is 1. The second-order valence-corrected chi connectivity index (χ2v) is 7.92. The third kappa shape index (κ3) is 3.78. The first-order chi connectivity index (χ1) is 12.4. The molecule has 3 rings (SSSR count). The molecular weight excluding hydrogens is 328 g/mol. The lowest BCUT2D eigenvalue weighted by Gasteiger charge is -2.47. The number of likely N-dealkylation sites (N-methyl/N-ethyl adjacent to an activating group) is 1. The van der Waals surface area contributed by atoms with Crippen molar-refractivity contribution in [1.29, 1.82) is 0 Å². The van der Waals surface area contributed by atoms with Crippen molar-refractivity contribution in [2.75, 3.05) is 26.7 Å². The predicted molar refractivity (Wildman–Crippen MR) is 101 cm³/mol. The Balaban J connectivity index is 1.62. The fourth-order valence-corrected chi connectivity index (χ4v) is 4.34. The highest BCUT2D eigenvalue weighted by atomic mass is 16.3. The molecular formula is C21H30N2O3. The smallest absolute Gasteiger partial charge is 0.253 e. The Kier molecular flexibility index (Phi) is 5.66. The van der Waals surface area contributed by atoms with E-state index in [-0.39, 0.29) is 11.8 Å². The summed E-state index contributed by atoms with van der Waals surface area (Å²) in [6.45, 7) is 3.73. The quantitative estimate of drug-likeness (QED) is 0.899. The lowest BCUT2D eigenvalue weighted by atomic mass is 9.71. The highest BCUT2D eigenvalue weighted by molar-refractivity contribution is 5.94. The van der Waals surface area contributed by atoms with Crippen molar-refractivity contribution < 1.29 is 14.7 Å². The van der Waals surface area contributed by atoms with Gasteiger partial charge < -0.3 is 14.9 Å². The second-order valence-electron chi connectivity index (χ2n) is 7.92. The number of aryl methyl sites for hydroxylation is 1. The van der Waals surface area contributed by atoms with E-state index in [9.17, 15) is 14.7 Å². The molecule has 0 aromatic heterocycles. The zero-order chi connectivity index (χ0) is 18.7. The number of nitrogens with zero attached hydrogens (tertiary/aromatic N) is 2. The summed E-state index contributed by atoms with van der Waals surface area (Å²) in [5.41, 5.74) is 1.49. The summed E-state index contributed by atoms with van der Waals surface area (Å²) >= 11 is 0. The molecule has 1 unspecified atom stereocenters. The maximum Gasteiger partial charge on any atom is 0.253 e. The number of hydrogen-bond donors (Lipinski definition) is 1. The van der Waals surface area contributed by atoms with Crippen LogP contribution in [0.3, 0.4) is 0 Å². The van der Waals surface area contributed by atoms with E-state index in [1.807, 2.05) is 29.2 Å². The molecule has 0 bridgehead atoms. The fraction of sp³-hybridized carbons (Fsp3) is 0.619. The SMILES string of the molecule is CCCCc1ccc(C(=O)N2CCC3(CC2)CC(O)CN(C)C3=O)cc1. The molecule has 5 heteroatoms. The Morgan fingerprint density at radius 3 is 2.50 bits per heavy atom. The summed E-state index contributed by atoms with van der Waals surface area (Å²) in [5, 5.41) is 10.1. The molecule has 0 aliphatic carbocycles. The van der Waals surface area contributed by atoms with Crippen LogP contribution in [0.4, 0.5) is 0 Å². The lowest BCUT2D eigenvalue weighted by molar-refractivity contribution is -0.154. The fourth-order valence-electron chi connectivity index (χ4n) is 4.34. The molecule has 2 fully saturated rings. The molecule has 26 heavy (non-hydrogen) atoms. The third-order valence-electron chi connectivity index (χ3n) is 5.94. The standard InChI is InChI=1S/C21H30N2O3/c1-3-4-5-16-6-8-17(9-7-16)19(25)23-12-10-21(11-13-23)14-18(24)15-22(2)20(21)26/h6-9,18,24H,3-5,10-15H2,1-2H3. The van der Waals surface area contributed by atoms with Gasteiger partial charge in [-0.25, -0.2) is 0 Å². The van der Waals surface area contributed by atoms with Crippen molar-refractivity contribution in [3.05, 3.63) is 35.4 Å². The number of carbonyl (C=O) groups excluding carboxylic acids is 2. The van der Waals surface area contributed by atoms with Gasteiger partial charge in [0.2, 0.25) is 5.91 Å². The van der Waals surface area contributed by atoms with Crippen LogP contribution in [0.15, 0.2) is 24.3 Å². The van der Waals surface area contributed by atoms with Crippen LogP contribution in [0.5, 0.6) is 0 Å². The van der Waals surface area contributed by atoms with Crippen LogP contribution < -0.4 is 0 Å². The van der Waals surface area contributed by atoms with E-state index < -0.39 is 11.5 Å². The first-order valence-electron chi connectivity index (χ1n) is 9.77. The minimum Gasteiger partial charge on any atom is -0.391 e. The molecule has 5 nitrogen and oxygen atoms in total. The van der Waals surface area contributed by atoms with Crippen LogP contribution in [0.1, 0.15) is 54.9 Å². The molecule has 1 aromatic carbocycles. The number of carbonyl (C=O) groups is 2. The summed E-state index contributed by atoms with van der Waals surface area (Å²) in [5.74, 6) is 0.161. The number of amides is 2. The Hall–Kier alpha value is -1.88. The van der Waals surface area contributed by atoms with Gasteiger partial charge in [0, 0.05) is 32.2 Å². The Morgan fingerprint density at radius 1 is 1.23 bits per heavy atom. The van der Waals surface area contributed by atoms with Gasteiger partial charge in [-0.3, -0.25) is 9.59 Å². The normalized spacial score (nSPS) is 22.7. The van der Waals surface area contributed by atoms with Crippen molar-refractivity contribution in [2.45, 2.75) is 51.6 Å². The predicted octanol–water partition coefficient (Wildman–Crippen LogP) is 2.47. The number of rotatable bonds is 4. The van der Waals surface area contributed by atoms with E-state index >= 15 is 0 Å². The average Bonchev–Trinajstić information content (AvgIpc) is 2.65. The minimum absolute atomic E-state index is 0.0408. The number of β-amino-alcohol motifs (C(OH)–C–C–N with tert-alkyl or cyclic N) is 1. The summed E-state index contributed by atoms with van der Waals surface area (Å²) in [6, 6.07) is 7.93. The minimum atomic E-state index is -0.493. The topological polar surface area (TPSA) is 60.9 Å². The van der Waals surface area contributed by atoms with Crippen LogP contribution in [0.25, 0.3) is 0 Å². The van der Waals surface area contributed by atoms with Gasteiger partial charge in [0.1, 0.15) is 0 Å². The second kappa shape index (κ2) is 7.78. The molecule has 142 valence electrons. The summed E-state index contributed by atoms with van der Waals surface area (Å²) in [7, 11) is 1.75. The first-order valence-corrected chi connectivity index (χ1v) is 9.77. The van der Waals surface area contributed by atoms with Crippen molar-refractivity contribution in [3.8, 4) is 0 Å². The molecule has 2 aliphatic rings. The number of aliphatic hydroxyl groups is 1. The van der Waals surface area contributed by atoms with E-state index in [1.54, 1.807) is 11.9 Å². The number of piperidine rings is 2. The van der Waals surface area contributed by atoms with E-state index in [1.165, 1.54) is 12.0 Å². The number of aliphatic hydroxyl groups excluding tert-OH is 1.